The number of anilines is 1. The summed E-state index contributed by atoms with van der Waals surface area (Å²) < 4.78 is 5.95. The molecule has 0 bridgehead atoms. The van der Waals surface area contributed by atoms with Crippen molar-refractivity contribution in [2.75, 3.05) is 18.4 Å². The fourth-order valence-corrected chi connectivity index (χ4v) is 5.47. The lowest BCUT2D eigenvalue weighted by Crippen LogP contribution is -2.54. The third-order valence-corrected chi connectivity index (χ3v) is 7.38. The van der Waals surface area contributed by atoms with Gasteiger partial charge in [-0.2, -0.15) is 0 Å². The van der Waals surface area contributed by atoms with Gasteiger partial charge in [0.15, 0.2) is 0 Å². The van der Waals surface area contributed by atoms with E-state index in [4.69, 9.17) is 4.74 Å². The molecule has 3 aliphatic rings. The van der Waals surface area contributed by atoms with Gasteiger partial charge in [0.2, 0.25) is 11.8 Å². The Morgan fingerprint density at radius 1 is 0.947 bits per heavy atom. The molecule has 2 fully saturated rings. The van der Waals surface area contributed by atoms with Gasteiger partial charge >= 0.3 is 0 Å². The number of carbonyl (C=O) groups is 4. The number of hydrogen-bond donors (Lipinski definition) is 2. The molecule has 2 N–H and O–H groups in total. The van der Waals surface area contributed by atoms with Gasteiger partial charge in [-0.3, -0.25) is 34.3 Å². The molecule has 0 spiro atoms. The summed E-state index contributed by atoms with van der Waals surface area (Å²) in [4.78, 5) is 53.6. The average Bonchev–Trinajstić information content (AvgIpc) is 3.15. The van der Waals surface area contributed by atoms with Crippen LogP contribution in [-0.2, 0) is 27.4 Å². The lowest BCUT2D eigenvalue weighted by molar-refractivity contribution is -0.136. The molecule has 0 saturated carbocycles. The van der Waals surface area contributed by atoms with Crippen molar-refractivity contribution in [1.82, 2.24) is 15.1 Å². The highest BCUT2D eigenvalue weighted by molar-refractivity contribution is 6.25. The highest BCUT2D eigenvalue weighted by atomic mass is 16.5. The number of benzene rings is 2. The van der Waals surface area contributed by atoms with E-state index in [1.807, 2.05) is 0 Å². The van der Waals surface area contributed by atoms with E-state index in [9.17, 15) is 19.2 Å². The minimum absolute atomic E-state index is 0.0930. The van der Waals surface area contributed by atoms with Crippen LogP contribution in [-0.4, -0.2) is 64.8 Å². The molecule has 9 heteroatoms. The van der Waals surface area contributed by atoms with Gasteiger partial charge in [0.1, 0.15) is 6.04 Å². The molecule has 0 aliphatic carbocycles. The Balaban J connectivity index is 1.19. The fraction of sp³-hybridized carbons (Fsp3) is 0.448. The molecule has 5 rings (SSSR count). The standard InChI is InChI=1S/C29H34N4O5/c1-18(2)38-21-12-14-32(15-13-21)17-20-8-6-19(7-9-20)16-30-23-5-3-4-22-26(23)29(37)33(28(22)36)24-10-11-25(34)31-27(24)35/h3-9,18,21,24,30H,10-17H2,1-2H3,(H,31,34,35). The van der Waals surface area contributed by atoms with Crippen LogP contribution in [0.15, 0.2) is 42.5 Å². The van der Waals surface area contributed by atoms with Crippen molar-refractivity contribution in [3.05, 3.63) is 64.7 Å². The Labute approximate surface area is 222 Å². The van der Waals surface area contributed by atoms with Gasteiger partial charge in [-0.05, 0) is 56.4 Å². The van der Waals surface area contributed by atoms with E-state index in [0.717, 1.165) is 42.9 Å². The van der Waals surface area contributed by atoms with Crippen molar-refractivity contribution in [2.45, 2.75) is 70.9 Å². The predicted octanol–water partition coefficient (Wildman–Crippen LogP) is 3.09. The summed E-state index contributed by atoms with van der Waals surface area (Å²) in [5.41, 5.74) is 3.38. The topological polar surface area (TPSA) is 108 Å². The number of likely N-dealkylation sites (tertiary alicyclic amines) is 1. The first-order chi connectivity index (χ1) is 18.3. The summed E-state index contributed by atoms with van der Waals surface area (Å²) in [5, 5.41) is 5.52. The third kappa shape index (κ3) is 5.49. The van der Waals surface area contributed by atoms with Crippen molar-refractivity contribution in [1.29, 1.82) is 0 Å². The number of fused-ring (bicyclic) bond motifs is 1. The van der Waals surface area contributed by atoms with Gasteiger partial charge in [-0.25, -0.2) is 0 Å². The molecule has 38 heavy (non-hydrogen) atoms. The molecule has 9 nitrogen and oxygen atoms in total. The van der Waals surface area contributed by atoms with E-state index >= 15 is 0 Å². The summed E-state index contributed by atoms with van der Waals surface area (Å²) in [6.07, 6.45) is 2.98. The van der Waals surface area contributed by atoms with Crippen LogP contribution in [0.1, 0.15) is 71.4 Å². The van der Waals surface area contributed by atoms with Gasteiger partial charge in [0.05, 0.1) is 23.3 Å². The molecule has 1 atom stereocenters. The summed E-state index contributed by atoms with van der Waals surface area (Å²) in [6.45, 7) is 7.61. The molecule has 2 saturated heterocycles. The van der Waals surface area contributed by atoms with E-state index in [1.54, 1.807) is 18.2 Å². The minimum atomic E-state index is -0.978. The van der Waals surface area contributed by atoms with Crippen LogP contribution in [0.3, 0.4) is 0 Å². The second-order valence-electron chi connectivity index (χ2n) is 10.5. The summed E-state index contributed by atoms with van der Waals surface area (Å²) in [7, 11) is 0. The predicted molar refractivity (Wildman–Crippen MR) is 141 cm³/mol. The molecule has 2 aromatic rings. The van der Waals surface area contributed by atoms with Crippen LogP contribution in [0.25, 0.3) is 0 Å². The molecule has 2 aromatic carbocycles. The van der Waals surface area contributed by atoms with Crippen LogP contribution < -0.4 is 10.6 Å². The Morgan fingerprint density at radius 2 is 1.66 bits per heavy atom. The van der Waals surface area contributed by atoms with E-state index < -0.39 is 29.7 Å². The second kappa shape index (κ2) is 11.0. The van der Waals surface area contributed by atoms with E-state index in [2.05, 4.69) is 53.6 Å². The number of imide groups is 2. The number of piperidine rings is 2. The zero-order chi connectivity index (χ0) is 26.8. The zero-order valence-electron chi connectivity index (χ0n) is 21.9. The van der Waals surface area contributed by atoms with Crippen LogP contribution in [0, 0.1) is 0 Å². The molecule has 3 aliphatic heterocycles. The number of ether oxygens (including phenoxy) is 1. The van der Waals surface area contributed by atoms with Gasteiger partial charge in [-0.1, -0.05) is 30.3 Å². The average molecular weight is 519 g/mol. The Morgan fingerprint density at radius 3 is 2.34 bits per heavy atom. The van der Waals surface area contributed by atoms with Gasteiger partial charge in [0, 0.05) is 38.3 Å². The Kier molecular flexibility index (Phi) is 7.58. The van der Waals surface area contributed by atoms with Gasteiger partial charge in [-0.15, -0.1) is 0 Å². The largest absolute Gasteiger partial charge is 0.380 e. The lowest BCUT2D eigenvalue weighted by atomic mass is 10.0. The first-order valence-electron chi connectivity index (χ1n) is 13.3. The first kappa shape index (κ1) is 26.1. The van der Waals surface area contributed by atoms with Crippen LogP contribution >= 0.6 is 0 Å². The number of hydrogen-bond acceptors (Lipinski definition) is 7. The highest BCUT2D eigenvalue weighted by Crippen LogP contribution is 2.32. The summed E-state index contributed by atoms with van der Waals surface area (Å²) in [5.74, 6) is -2.02. The first-order valence-corrected chi connectivity index (χ1v) is 13.3. The van der Waals surface area contributed by atoms with Crippen molar-refractivity contribution in [2.24, 2.45) is 0 Å². The maximum atomic E-state index is 13.3. The quantitative estimate of drug-likeness (QED) is 0.517. The Hall–Kier alpha value is -3.56. The molecule has 4 amide bonds. The van der Waals surface area contributed by atoms with E-state index in [1.165, 1.54) is 5.56 Å². The van der Waals surface area contributed by atoms with Crippen molar-refractivity contribution >= 4 is 29.3 Å². The van der Waals surface area contributed by atoms with Crippen molar-refractivity contribution in [3.63, 3.8) is 0 Å². The normalized spacial score (nSPS) is 20.7. The van der Waals surface area contributed by atoms with Crippen molar-refractivity contribution in [3.8, 4) is 0 Å². The molecule has 3 heterocycles. The second-order valence-corrected chi connectivity index (χ2v) is 10.5. The molecular formula is C29H34N4O5. The SMILES string of the molecule is CC(C)OC1CCN(Cc2ccc(CNc3cccc4c3C(=O)N(C3CCC(=O)NC3=O)C4=O)cc2)CC1. The van der Waals surface area contributed by atoms with Crippen LogP contribution in [0.4, 0.5) is 5.69 Å². The Bertz CT molecular complexity index is 1230. The summed E-state index contributed by atoms with van der Waals surface area (Å²) >= 11 is 0. The highest BCUT2D eigenvalue weighted by Gasteiger charge is 2.45. The maximum Gasteiger partial charge on any atom is 0.264 e. The number of amides is 4. The lowest BCUT2D eigenvalue weighted by Gasteiger charge is -2.32. The van der Waals surface area contributed by atoms with E-state index in [0.29, 0.717) is 18.3 Å². The minimum Gasteiger partial charge on any atom is -0.380 e. The molecular weight excluding hydrogens is 484 g/mol. The smallest absolute Gasteiger partial charge is 0.264 e. The number of nitrogens with zero attached hydrogens (tertiary/aromatic N) is 2. The van der Waals surface area contributed by atoms with Crippen molar-refractivity contribution < 1.29 is 23.9 Å². The molecule has 200 valence electrons. The number of carbonyl (C=O) groups excluding carboxylic acids is 4. The van der Waals surface area contributed by atoms with Gasteiger partial charge < -0.3 is 10.1 Å². The third-order valence-electron chi connectivity index (χ3n) is 7.38. The molecule has 0 aromatic heterocycles. The van der Waals surface area contributed by atoms with Gasteiger partial charge in [0.25, 0.3) is 11.8 Å². The monoisotopic (exact) mass is 518 g/mol. The summed E-state index contributed by atoms with van der Waals surface area (Å²) in [6, 6.07) is 12.5. The van der Waals surface area contributed by atoms with Crippen LogP contribution in [0.5, 0.6) is 0 Å². The maximum absolute atomic E-state index is 13.3. The molecule has 1 unspecified atom stereocenters. The van der Waals surface area contributed by atoms with E-state index in [-0.39, 0.29) is 30.1 Å². The van der Waals surface area contributed by atoms with Crippen LogP contribution in [0.2, 0.25) is 0 Å². The molecule has 0 radical (unpaired) electrons. The zero-order valence-corrected chi connectivity index (χ0v) is 21.9. The number of rotatable bonds is 8. The fourth-order valence-electron chi connectivity index (χ4n) is 5.47. The number of nitrogens with one attached hydrogen (secondary N) is 2.